The average molecular weight is 406 g/mol. The summed E-state index contributed by atoms with van der Waals surface area (Å²) in [5.41, 5.74) is 1.58. The van der Waals surface area contributed by atoms with Crippen LogP contribution in [-0.4, -0.2) is 5.78 Å². The van der Waals surface area contributed by atoms with Crippen molar-refractivity contribution in [3.63, 3.8) is 0 Å². The molecule has 98 valence electrons. The van der Waals surface area contributed by atoms with Gasteiger partial charge in [0.1, 0.15) is 5.82 Å². The van der Waals surface area contributed by atoms with Gasteiger partial charge in [0, 0.05) is 20.1 Å². The second-order valence-electron chi connectivity index (χ2n) is 4.01. The van der Waals surface area contributed by atoms with Gasteiger partial charge in [0.05, 0.1) is 5.02 Å². The number of carbonyl (C=O) groups is 1. The summed E-state index contributed by atoms with van der Waals surface area (Å²) in [6.45, 7) is 1.91. The van der Waals surface area contributed by atoms with Gasteiger partial charge < -0.3 is 0 Å². The molecule has 19 heavy (non-hydrogen) atoms. The molecule has 0 heterocycles. The fraction of sp³-hybridized carbons (Fsp3) is 0.0714. The molecular formula is C14H8Br2ClFO. The van der Waals surface area contributed by atoms with E-state index in [1.54, 1.807) is 6.07 Å². The fourth-order valence-electron chi connectivity index (χ4n) is 1.64. The molecule has 0 bridgehead atoms. The summed E-state index contributed by atoms with van der Waals surface area (Å²) in [6.07, 6.45) is 0. The van der Waals surface area contributed by atoms with E-state index in [-0.39, 0.29) is 16.4 Å². The van der Waals surface area contributed by atoms with E-state index in [2.05, 4.69) is 31.9 Å². The van der Waals surface area contributed by atoms with Crippen molar-refractivity contribution in [2.24, 2.45) is 0 Å². The van der Waals surface area contributed by atoms with Crippen LogP contribution in [0.15, 0.2) is 39.3 Å². The summed E-state index contributed by atoms with van der Waals surface area (Å²) in [5, 5.41) is -0.156. The van der Waals surface area contributed by atoms with Gasteiger partial charge in [-0.25, -0.2) is 4.39 Å². The largest absolute Gasteiger partial charge is 0.289 e. The third kappa shape index (κ3) is 2.91. The van der Waals surface area contributed by atoms with Crippen LogP contribution < -0.4 is 0 Å². The van der Waals surface area contributed by atoms with Gasteiger partial charge >= 0.3 is 0 Å². The summed E-state index contributed by atoms with van der Waals surface area (Å²) < 4.78 is 14.9. The van der Waals surface area contributed by atoms with E-state index < -0.39 is 5.82 Å². The number of halogens is 4. The van der Waals surface area contributed by atoms with Gasteiger partial charge in [-0.1, -0.05) is 49.5 Å². The van der Waals surface area contributed by atoms with Crippen molar-refractivity contribution in [2.45, 2.75) is 6.92 Å². The smallest absolute Gasteiger partial charge is 0.195 e. The zero-order valence-corrected chi connectivity index (χ0v) is 13.7. The minimum absolute atomic E-state index is 0.151. The van der Waals surface area contributed by atoms with Crippen LogP contribution in [0.5, 0.6) is 0 Å². The molecule has 0 N–H and O–H groups in total. The molecule has 5 heteroatoms. The molecule has 0 fully saturated rings. The van der Waals surface area contributed by atoms with Gasteiger partial charge in [0.15, 0.2) is 5.78 Å². The Morgan fingerprint density at radius 3 is 2.53 bits per heavy atom. The van der Waals surface area contributed by atoms with Crippen molar-refractivity contribution in [2.75, 3.05) is 0 Å². The van der Waals surface area contributed by atoms with Crippen LogP contribution in [-0.2, 0) is 0 Å². The predicted octanol–water partition coefficient (Wildman–Crippen LogP) is 5.54. The minimum Gasteiger partial charge on any atom is -0.289 e. The van der Waals surface area contributed by atoms with Gasteiger partial charge in [-0.15, -0.1) is 0 Å². The number of carbonyl (C=O) groups excluding carboxylic acids is 1. The highest BCUT2D eigenvalue weighted by atomic mass is 79.9. The number of rotatable bonds is 2. The zero-order valence-electron chi connectivity index (χ0n) is 9.81. The molecule has 0 unspecified atom stereocenters. The maximum absolute atomic E-state index is 13.4. The first kappa shape index (κ1) is 14.7. The van der Waals surface area contributed by atoms with Crippen LogP contribution in [0.4, 0.5) is 4.39 Å². The first-order valence-corrected chi connectivity index (χ1v) is 7.32. The van der Waals surface area contributed by atoms with Crippen molar-refractivity contribution in [1.82, 2.24) is 0 Å². The minimum atomic E-state index is -0.602. The number of ketones is 1. The number of aryl methyl sites for hydroxylation is 1. The van der Waals surface area contributed by atoms with E-state index in [0.717, 1.165) is 10.0 Å². The normalized spacial score (nSPS) is 10.6. The molecule has 0 aliphatic heterocycles. The highest BCUT2D eigenvalue weighted by Gasteiger charge is 2.18. The number of hydrogen-bond donors (Lipinski definition) is 0. The third-order valence-corrected chi connectivity index (χ3v) is 4.58. The molecule has 0 aliphatic carbocycles. The first-order chi connectivity index (χ1) is 8.91. The Labute approximate surface area is 132 Å². The Balaban J connectivity index is 2.56. The van der Waals surface area contributed by atoms with Crippen LogP contribution in [0.2, 0.25) is 5.02 Å². The van der Waals surface area contributed by atoms with Crippen molar-refractivity contribution in [3.8, 4) is 0 Å². The SMILES string of the molecule is Cc1cc(Br)c(C(=O)c2cccc(F)c2Cl)cc1Br. The van der Waals surface area contributed by atoms with Gasteiger partial charge in [0.25, 0.3) is 0 Å². The van der Waals surface area contributed by atoms with Crippen LogP contribution in [0, 0.1) is 12.7 Å². The Morgan fingerprint density at radius 2 is 1.84 bits per heavy atom. The van der Waals surface area contributed by atoms with E-state index in [1.807, 2.05) is 13.0 Å². The van der Waals surface area contributed by atoms with Gasteiger partial charge in [-0.05, 0) is 36.8 Å². The van der Waals surface area contributed by atoms with E-state index in [4.69, 9.17) is 11.6 Å². The lowest BCUT2D eigenvalue weighted by Crippen LogP contribution is -2.04. The van der Waals surface area contributed by atoms with E-state index in [0.29, 0.717) is 10.0 Å². The molecule has 2 aromatic rings. The molecule has 2 rings (SSSR count). The topological polar surface area (TPSA) is 17.1 Å². The third-order valence-electron chi connectivity index (χ3n) is 2.69. The molecule has 0 spiro atoms. The molecule has 1 nitrogen and oxygen atoms in total. The van der Waals surface area contributed by atoms with Crippen LogP contribution >= 0.6 is 43.5 Å². The number of benzene rings is 2. The van der Waals surface area contributed by atoms with Gasteiger partial charge in [-0.3, -0.25) is 4.79 Å². The molecule has 2 aromatic carbocycles. The van der Waals surface area contributed by atoms with E-state index >= 15 is 0 Å². The van der Waals surface area contributed by atoms with Crippen molar-refractivity contribution < 1.29 is 9.18 Å². The summed E-state index contributed by atoms with van der Waals surface area (Å²) >= 11 is 12.6. The lowest BCUT2D eigenvalue weighted by molar-refractivity contribution is 0.103. The molecule has 0 atom stereocenters. The van der Waals surface area contributed by atoms with E-state index in [1.165, 1.54) is 18.2 Å². The highest BCUT2D eigenvalue weighted by molar-refractivity contribution is 9.11. The van der Waals surface area contributed by atoms with Crippen molar-refractivity contribution in [1.29, 1.82) is 0 Å². The van der Waals surface area contributed by atoms with Gasteiger partial charge in [0.2, 0.25) is 0 Å². The van der Waals surface area contributed by atoms with Gasteiger partial charge in [-0.2, -0.15) is 0 Å². The quantitative estimate of drug-likeness (QED) is 0.598. The molecule has 0 aromatic heterocycles. The van der Waals surface area contributed by atoms with Crippen LogP contribution in [0.1, 0.15) is 21.5 Å². The molecule has 0 radical (unpaired) electrons. The first-order valence-electron chi connectivity index (χ1n) is 5.36. The number of hydrogen-bond acceptors (Lipinski definition) is 1. The summed E-state index contributed by atoms with van der Waals surface area (Å²) in [6, 6.07) is 7.71. The predicted molar refractivity (Wildman–Crippen MR) is 81.4 cm³/mol. The lowest BCUT2D eigenvalue weighted by Gasteiger charge is -2.08. The second kappa shape index (κ2) is 5.73. The maximum atomic E-state index is 13.4. The summed E-state index contributed by atoms with van der Waals surface area (Å²) in [7, 11) is 0. The standard InChI is InChI=1S/C14H8Br2ClFO/c1-7-5-11(16)9(6-10(7)15)14(19)8-3-2-4-12(18)13(8)17/h2-6H,1H3. The monoisotopic (exact) mass is 404 g/mol. The van der Waals surface area contributed by atoms with Crippen LogP contribution in [0.25, 0.3) is 0 Å². The summed E-state index contributed by atoms with van der Waals surface area (Å²) in [4.78, 5) is 12.4. The van der Waals surface area contributed by atoms with E-state index in [9.17, 15) is 9.18 Å². The Kier molecular flexibility index (Phi) is 4.43. The average Bonchev–Trinajstić information content (AvgIpc) is 2.36. The van der Waals surface area contributed by atoms with Crippen molar-refractivity contribution in [3.05, 3.63) is 66.8 Å². The zero-order chi connectivity index (χ0) is 14.2. The lowest BCUT2D eigenvalue weighted by atomic mass is 10.0. The molecular weight excluding hydrogens is 398 g/mol. The highest BCUT2D eigenvalue weighted by Crippen LogP contribution is 2.29. The van der Waals surface area contributed by atoms with Crippen molar-refractivity contribution >= 4 is 49.2 Å². The Hall–Kier alpha value is -0.710. The van der Waals surface area contributed by atoms with Crippen LogP contribution in [0.3, 0.4) is 0 Å². The molecule has 0 amide bonds. The molecule has 0 saturated carbocycles. The Morgan fingerprint density at radius 1 is 1.16 bits per heavy atom. The maximum Gasteiger partial charge on any atom is 0.195 e. The fourth-order valence-corrected chi connectivity index (χ4v) is 2.84. The Bertz CT molecular complexity index is 671. The summed E-state index contributed by atoms with van der Waals surface area (Å²) in [5.74, 6) is -0.924. The molecule has 0 saturated heterocycles. The molecule has 0 aliphatic rings. The second-order valence-corrected chi connectivity index (χ2v) is 6.10.